The van der Waals surface area contributed by atoms with Crippen LogP contribution in [0.2, 0.25) is 0 Å². The van der Waals surface area contributed by atoms with Crippen molar-refractivity contribution in [3.8, 4) is 5.75 Å². The molecule has 1 aromatic heterocycles. The van der Waals surface area contributed by atoms with Crippen LogP contribution in [0.25, 0.3) is 10.9 Å². The molecule has 3 rings (SSSR count). The number of hydrogen-bond acceptors (Lipinski definition) is 5. The van der Waals surface area contributed by atoms with Gasteiger partial charge in [-0.05, 0) is 55.0 Å². The normalized spacial score (nSPS) is 10.1. The van der Waals surface area contributed by atoms with Gasteiger partial charge in [-0.15, -0.1) is 0 Å². The van der Waals surface area contributed by atoms with E-state index in [1.54, 1.807) is 31.4 Å². The van der Waals surface area contributed by atoms with Gasteiger partial charge in [0.25, 0.3) is 6.08 Å². The summed E-state index contributed by atoms with van der Waals surface area (Å²) in [5, 5.41) is 9.75. The first kappa shape index (κ1) is 17.1. The first-order valence-electron chi connectivity index (χ1n) is 7.77. The highest BCUT2D eigenvalue weighted by molar-refractivity contribution is 6.01. The molecule has 3 aromatic rings. The largest absolute Gasteiger partial charge is 0.497 e. The molecule has 2 amide bonds. The standard InChI is InChI=1S/C18H17N5O3/c1-11-7-14(26-2)4-6-15(11)22-18(25)20-13-3-5-16-12(8-13)9-17(21-16)23-19-10-24/h3-9,21,23H,1-2H3,(H2,20,22,25). The lowest BCUT2D eigenvalue weighted by Crippen LogP contribution is -2.19. The van der Waals surface area contributed by atoms with Gasteiger partial charge in [-0.25, -0.2) is 9.59 Å². The number of hydrazone groups is 1. The van der Waals surface area contributed by atoms with Crippen molar-refractivity contribution in [1.29, 1.82) is 0 Å². The van der Waals surface area contributed by atoms with E-state index in [4.69, 9.17) is 4.74 Å². The first-order chi connectivity index (χ1) is 12.6. The molecule has 0 aliphatic heterocycles. The molecule has 0 aliphatic rings. The molecule has 0 fully saturated rings. The molecular weight excluding hydrogens is 334 g/mol. The number of carbonyl (C=O) groups excluding carboxylic acids is 2. The van der Waals surface area contributed by atoms with Crippen LogP contribution in [-0.4, -0.2) is 24.2 Å². The summed E-state index contributed by atoms with van der Waals surface area (Å²) in [5.41, 5.74) is 5.59. The second kappa shape index (κ2) is 7.42. The number of amides is 2. The van der Waals surface area contributed by atoms with E-state index in [2.05, 4.69) is 26.1 Å². The number of nitrogens with zero attached hydrogens (tertiary/aromatic N) is 1. The molecule has 132 valence electrons. The molecule has 8 heteroatoms. The number of nitrogens with one attached hydrogen (secondary N) is 4. The zero-order valence-electron chi connectivity index (χ0n) is 14.2. The highest BCUT2D eigenvalue weighted by Crippen LogP contribution is 2.24. The minimum atomic E-state index is -0.350. The van der Waals surface area contributed by atoms with Gasteiger partial charge >= 0.3 is 6.03 Å². The van der Waals surface area contributed by atoms with Crippen molar-refractivity contribution < 1.29 is 14.3 Å². The fourth-order valence-corrected chi connectivity index (χ4v) is 2.54. The van der Waals surface area contributed by atoms with Crippen molar-refractivity contribution >= 4 is 40.2 Å². The second-order valence-corrected chi connectivity index (χ2v) is 5.56. The van der Waals surface area contributed by atoms with Crippen LogP contribution in [0, 0.1) is 6.92 Å². The number of hydrogen-bond donors (Lipinski definition) is 4. The molecule has 1 heterocycles. The third-order valence-corrected chi connectivity index (χ3v) is 3.78. The second-order valence-electron chi connectivity index (χ2n) is 5.56. The summed E-state index contributed by atoms with van der Waals surface area (Å²) in [6, 6.07) is 12.2. The summed E-state index contributed by atoms with van der Waals surface area (Å²) in [4.78, 5) is 25.4. The average molecular weight is 351 g/mol. The summed E-state index contributed by atoms with van der Waals surface area (Å²) in [6.45, 7) is 1.89. The maximum atomic E-state index is 12.2. The Bertz CT molecular complexity index is 1010. The Labute approximate surface area is 149 Å². The monoisotopic (exact) mass is 351 g/mol. The van der Waals surface area contributed by atoms with Gasteiger partial charge in [-0.3, -0.25) is 5.43 Å². The number of urea groups is 1. The van der Waals surface area contributed by atoms with E-state index in [0.717, 1.165) is 22.2 Å². The Morgan fingerprint density at radius 3 is 2.73 bits per heavy atom. The zero-order valence-corrected chi connectivity index (χ0v) is 14.2. The smallest absolute Gasteiger partial charge is 0.323 e. The predicted octanol–water partition coefficient (Wildman–Crippen LogP) is 3.79. The lowest BCUT2D eigenvalue weighted by atomic mass is 10.2. The van der Waals surface area contributed by atoms with Crippen LogP contribution in [-0.2, 0) is 4.79 Å². The number of rotatable bonds is 5. The van der Waals surface area contributed by atoms with Crippen molar-refractivity contribution in [1.82, 2.24) is 4.98 Å². The molecule has 0 saturated heterocycles. The Morgan fingerprint density at radius 2 is 2.00 bits per heavy atom. The van der Waals surface area contributed by atoms with Gasteiger partial charge in [-0.1, -0.05) is 5.10 Å². The zero-order chi connectivity index (χ0) is 18.5. The Kier molecular flexibility index (Phi) is 4.87. The van der Waals surface area contributed by atoms with E-state index in [-0.39, 0.29) is 6.03 Å². The predicted molar refractivity (Wildman–Crippen MR) is 100 cm³/mol. The summed E-state index contributed by atoms with van der Waals surface area (Å²) >= 11 is 0. The molecule has 0 radical (unpaired) electrons. The van der Waals surface area contributed by atoms with Gasteiger partial charge in [-0.2, -0.15) is 0 Å². The van der Waals surface area contributed by atoms with Crippen LogP contribution in [0.3, 0.4) is 0 Å². The number of anilines is 3. The van der Waals surface area contributed by atoms with Gasteiger partial charge in [0.2, 0.25) is 0 Å². The van der Waals surface area contributed by atoms with Crippen LogP contribution in [0.1, 0.15) is 5.56 Å². The van der Waals surface area contributed by atoms with Crippen LogP contribution in [0.5, 0.6) is 5.75 Å². The Balaban J connectivity index is 1.71. The average Bonchev–Trinajstić information content (AvgIpc) is 3.03. The van der Waals surface area contributed by atoms with Crippen LogP contribution < -0.4 is 20.8 Å². The minimum absolute atomic E-state index is 0.350. The molecule has 0 bridgehead atoms. The molecule has 2 aromatic carbocycles. The number of H-pyrrole nitrogens is 1. The number of fused-ring (bicyclic) bond motifs is 1. The number of carbonyl (C=O) groups is 1. The number of ether oxygens (including phenoxy) is 1. The van der Waals surface area contributed by atoms with Crippen molar-refractivity contribution in [2.24, 2.45) is 5.10 Å². The van der Waals surface area contributed by atoms with Gasteiger partial charge in [0.05, 0.1) is 7.11 Å². The highest BCUT2D eigenvalue weighted by Gasteiger charge is 2.07. The first-order valence-corrected chi connectivity index (χ1v) is 7.77. The third kappa shape index (κ3) is 3.82. The maximum absolute atomic E-state index is 12.2. The molecule has 0 unspecified atom stereocenters. The van der Waals surface area contributed by atoms with Crippen molar-refractivity contribution in [2.45, 2.75) is 6.92 Å². The van der Waals surface area contributed by atoms with Crippen molar-refractivity contribution in [3.05, 3.63) is 48.0 Å². The molecule has 0 spiro atoms. The maximum Gasteiger partial charge on any atom is 0.323 e. The summed E-state index contributed by atoms with van der Waals surface area (Å²) in [7, 11) is 1.60. The quantitative estimate of drug-likeness (QED) is 0.319. The van der Waals surface area contributed by atoms with Crippen molar-refractivity contribution in [3.63, 3.8) is 0 Å². The summed E-state index contributed by atoms with van der Waals surface area (Å²) in [5.74, 6) is 1.29. The number of aromatic nitrogens is 1. The SMILES string of the molecule is COc1ccc(NC(=O)Nc2ccc3[nH]c(NN=C=O)cc3c2)c(C)c1. The summed E-state index contributed by atoms with van der Waals surface area (Å²) < 4.78 is 5.15. The molecule has 0 aliphatic carbocycles. The minimum Gasteiger partial charge on any atom is -0.497 e. The molecule has 26 heavy (non-hydrogen) atoms. The fraction of sp³-hybridized carbons (Fsp3) is 0.111. The topological polar surface area (TPSA) is 108 Å². The number of benzene rings is 2. The van der Waals surface area contributed by atoms with Gasteiger partial charge in [0.1, 0.15) is 11.6 Å². The van der Waals surface area contributed by atoms with E-state index >= 15 is 0 Å². The number of methoxy groups -OCH3 is 1. The van der Waals surface area contributed by atoms with Gasteiger partial charge < -0.3 is 20.4 Å². The van der Waals surface area contributed by atoms with Crippen LogP contribution >= 0.6 is 0 Å². The van der Waals surface area contributed by atoms with E-state index in [1.807, 2.05) is 25.1 Å². The lowest BCUT2D eigenvalue weighted by molar-refractivity contribution is 0.262. The van der Waals surface area contributed by atoms with Gasteiger partial charge in [0, 0.05) is 22.3 Å². The summed E-state index contributed by atoms with van der Waals surface area (Å²) in [6.07, 6.45) is 1.40. The van der Waals surface area contributed by atoms with Crippen molar-refractivity contribution in [2.75, 3.05) is 23.2 Å². The third-order valence-electron chi connectivity index (χ3n) is 3.78. The van der Waals surface area contributed by atoms with E-state index in [9.17, 15) is 9.59 Å². The molecular formula is C18H17N5O3. The molecule has 4 N–H and O–H groups in total. The molecule has 8 nitrogen and oxygen atoms in total. The van der Waals surface area contributed by atoms with Crippen LogP contribution in [0.4, 0.5) is 22.0 Å². The number of aryl methyl sites for hydroxylation is 1. The van der Waals surface area contributed by atoms with E-state index in [1.165, 1.54) is 6.08 Å². The number of aromatic amines is 1. The Morgan fingerprint density at radius 1 is 1.15 bits per heavy atom. The van der Waals surface area contributed by atoms with E-state index in [0.29, 0.717) is 17.2 Å². The van der Waals surface area contributed by atoms with E-state index < -0.39 is 0 Å². The Hall–Kier alpha value is -3.77. The lowest BCUT2D eigenvalue weighted by Gasteiger charge is -2.11. The fourth-order valence-electron chi connectivity index (χ4n) is 2.54. The number of isocyanates is 1. The highest BCUT2D eigenvalue weighted by atomic mass is 16.5. The molecule has 0 atom stereocenters. The van der Waals surface area contributed by atoms with Crippen LogP contribution in [0.15, 0.2) is 47.6 Å². The van der Waals surface area contributed by atoms with Gasteiger partial charge in [0.15, 0.2) is 0 Å². The molecule has 0 saturated carbocycles.